The van der Waals surface area contributed by atoms with Crippen LogP contribution in [0.25, 0.3) is 0 Å². The predicted octanol–water partition coefficient (Wildman–Crippen LogP) is 1.97. The molecule has 0 atom stereocenters. The Hall–Kier alpha value is -1.88. The van der Waals surface area contributed by atoms with Crippen molar-refractivity contribution in [3.8, 4) is 0 Å². The molecule has 2 amide bonds. The van der Waals surface area contributed by atoms with Gasteiger partial charge in [-0.15, -0.1) is 0 Å². The molecule has 0 aromatic heterocycles. The highest BCUT2D eigenvalue weighted by Crippen LogP contribution is 2.28. The molecule has 1 saturated carbocycles. The van der Waals surface area contributed by atoms with Crippen LogP contribution in [0.3, 0.4) is 0 Å². The van der Waals surface area contributed by atoms with E-state index in [9.17, 15) is 9.59 Å². The predicted molar refractivity (Wildman–Crippen MR) is 89.4 cm³/mol. The fourth-order valence-electron chi connectivity index (χ4n) is 2.14. The van der Waals surface area contributed by atoms with Crippen LogP contribution in [0.15, 0.2) is 18.2 Å². The first-order chi connectivity index (χ1) is 11.1. The lowest BCUT2D eigenvalue weighted by Gasteiger charge is -2.08. The summed E-state index contributed by atoms with van der Waals surface area (Å²) in [5, 5.41) is 5.42. The first-order valence-corrected chi connectivity index (χ1v) is 8.26. The van der Waals surface area contributed by atoms with Crippen LogP contribution in [0.4, 0.5) is 0 Å². The summed E-state index contributed by atoms with van der Waals surface area (Å²) in [4.78, 5) is 23.7. The fourth-order valence-corrected chi connectivity index (χ4v) is 2.14. The number of hydrogen-bond acceptors (Lipinski definition) is 3. The van der Waals surface area contributed by atoms with Crippen molar-refractivity contribution >= 4 is 11.8 Å². The van der Waals surface area contributed by atoms with Crippen LogP contribution in [-0.2, 0) is 9.53 Å². The van der Waals surface area contributed by atoms with Gasteiger partial charge in [-0.3, -0.25) is 9.59 Å². The molecule has 0 heterocycles. The Morgan fingerprint density at radius 2 is 1.96 bits per heavy atom. The average molecular weight is 318 g/mol. The molecule has 0 aliphatic heterocycles. The van der Waals surface area contributed by atoms with Crippen molar-refractivity contribution in [1.82, 2.24) is 10.6 Å². The maximum absolute atomic E-state index is 12.0. The summed E-state index contributed by atoms with van der Waals surface area (Å²) in [5.74, 6) is 0.366. The lowest BCUT2D eigenvalue weighted by molar-refractivity contribution is -0.120. The number of aryl methyl sites for hydroxylation is 2. The average Bonchev–Trinajstić information content (AvgIpc) is 3.35. The van der Waals surface area contributed by atoms with Gasteiger partial charge in [-0.1, -0.05) is 6.07 Å². The summed E-state index contributed by atoms with van der Waals surface area (Å²) in [6.07, 6.45) is 3.37. The third kappa shape index (κ3) is 6.40. The van der Waals surface area contributed by atoms with E-state index in [-0.39, 0.29) is 18.4 Å². The summed E-state index contributed by atoms with van der Waals surface area (Å²) < 4.78 is 5.50. The molecule has 0 bridgehead atoms. The quantitative estimate of drug-likeness (QED) is 0.684. The molecule has 1 aromatic carbocycles. The smallest absolute Gasteiger partial charge is 0.251 e. The standard InChI is InChI=1S/C18H26N2O3/c1-13-4-7-16(10-14(13)2)18(22)20-11-17(21)19-8-3-9-23-12-15-5-6-15/h4,7,10,15H,3,5-6,8-9,11-12H2,1-2H3,(H,19,21)(H,20,22). The molecular formula is C18H26N2O3. The normalized spacial score (nSPS) is 13.7. The summed E-state index contributed by atoms with van der Waals surface area (Å²) in [7, 11) is 0. The van der Waals surface area contributed by atoms with Crippen LogP contribution in [0.2, 0.25) is 0 Å². The number of ether oxygens (including phenoxy) is 1. The van der Waals surface area contributed by atoms with Gasteiger partial charge in [0.25, 0.3) is 5.91 Å². The topological polar surface area (TPSA) is 67.4 Å². The summed E-state index contributed by atoms with van der Waals surface area (Å²) in [5.41, 5.74) is 2.78. The van der Waals surface area contributed by atoms with Gasteiger partial charge in [0.05, 0.1) is 6.54 Å². The number of carbonyl (C=O) groups excluding carboxylic acids is 2. The third-order valence-electron chi connectivity index (χ3n) is 4.02. The highest BCUT2D eigenvalue weighted by molar-refractivity contribution is 5.96. The molecule has 23 heavy (non-hydrogen) atoms. The van der Waals surface area contributed by atoms with Crippen molar-refractivity contribution in [2.75, 3.05) is 26.3 Å². The third-order valence-corrected chi connectivity index (χ3v) is 4.02. The zero-order chi connectivity index (χ0) is 16.7. The lowest BCUT2D eigenvalue weighted by Crippen LogP contribution is -2.37. The molecule has 0 spiro atoms. The van der Waals surface area contributed by atoms with Crippen LogP contribution in [0.5, 0.6) is 0 Å². The Bertz CT molecular complexity index is 553. The zero-order valence-electron chi connectivity index (χ0n) is 14.0. The molecule has 1 fully saturated rings. The van der Waals surface area contributed by atoms with E-state index in [1.54, 1.807) is 6.07 Å². The van der Waals surface area contributed by atoms with E-state index in [0.29, 0.717) is 18.7 Å². The van der Waals surface area contributed by atoms with E-state index in [0.717, 1.165) is 30.1 Å². The van der Waals surface area contributed by atoms with Gasteiger partial charge < -0.3 is 15.4 Å². The summed E-state index contributed by atoms with van der Waals surface area (Å²) in [6, 6.07) is 5.51. The zero-order valence-corrected chi connectivity index (χ0v) is 14.0. The number of nitrogens with one attached hydrogen (secondary N) is 2. The largest absolute Gasteiger partial charge is 0.381 e. The number of rotatable bonds is 9. The molecular weight excluding hydrogens is 292 g/mol. The van der Waals surface area contributed by atoms with Gasteiger partial charge >= 0.3 is 0 Å². The molecule has 0 saturated heterocycles. The van der Waals surface area contributed by atoms with Crippen molar-refractivity contribution in [3.63, 3.8) is 0 Å². The van der Waals surface area contributed by atoms with E-state index in [4.69, 9.17) is 4.74 Å². The minimum absolute atomic E-state index is 0.00527. The monoisotopic (exact) mass is 318 g/mol. The van der Waals surface area contributed by atoms with E-state index >= 15 is 0 Å². The highest BCUT2D eigenvalue weighted by atomic mass is 16.5. The summed E-state index contributed by atoms with van der Waals surface area (Å²) in [6.45, 7) is 6.05. The second kappa shape index (κ2) is 8.67. The summed E-state index contributed by atoms with van der Waals surface area (Å²) >= 11 is 0. The fraction of sp³-hybridized carbons (Fsp3) is 0.556. The minimum Gasteiger partial charge on any atom is -0.381 e. The Morgan fingerprint density at radius 1 is 1.17 bits per heavy atom. The van der Waals surface area contributed by atoms with E-state index in [1.165, 1.54) is 12.8 Å². The molecule has 126 valence electrons. The van der Waals surface area contributed by atoms with Gasteiger partial charge in [-0.05, 0) is 62.3 Å². The van der Waals surface area contributed by atoms with Crippen molar-refractivity contribution in [2.45, 2.75) is 33.1 Å². The second-order valence-corrected chi connectivity index (χ2v) is 6.20. The first kappa shape index (κ1) is 17.5. The van der Waals surface area contributed by atoms with E-state index in [1.807, 2.05) is 26.0 Å². The number of amides is 2. The number of hydrogen-bond donors (Lipinski definition) is 2. The van der Waals surface area contributed by atoms with Crippen LogP contribution in [0.1, 0.15) is 40.7 Å². The highest BCUT2D eigenvalue weighted by Gasteiger charge is 2.20. The van der Waals surface area contributed by atoms with Gasteiger partial charge in [-0.2, -0.15) is 0 Å². The van der Waals surface area contributed by atoms with Gasteiger partial charge in [0.15, 0.2) is 0 Å². The molecule has 0 radical (unpaired) electrons. The molecule has 5 nitrogen and oxygen atoms in total. The van der Waals surface area contributed by atoms with Crippen LogP contribution in [-0.4, -0.2) is 38.1 Å². The van der Waals surface area contributed by atoms with E-state index < -0.39 is 0 Å². The molecule has 1 aromatic rings. The first-order valence-electron chi connectivity index (χ1n) is 8.26. The van der Waals surface area contributed by atoms with Crippen LogP contribution < -0.4 is 10.6 Å². The molecule has 0 unspecified atom stereocenters. The van der Waals surface area contributed by atoms with Crippen molar-refractivity contribution in [3.05, 3.63) is 34.9 Å². The van der Waals surface area contributed by atoms with Crippen molar-refractivity contribution < 1.29 is 14.3 Å². The Kier molecular flexibility index (Phi) is 6.59. The van der Waals surface area contributed by atoms with Gasteiger partial charge in [0, 0.05) is 25.3 Å². The van der Waals surface area contributed by atoms with Gasteiger partial charge in [0.1, 0.15) is 0 Å². The van der Waals surface area contributed by atoms with Crippen LogP contribution in [0, 0.1) is 19.8 Å². The van der Waals surface area contributed by atoms with Gasteiger partial charge in [0.2, 0.25) is 5.91 Å². The molecule has 2 rings (SSSR count). The molecule has 2 N–H and O–H groups in total. The van der Waals surface area contributed by atoms with Crippen LogP contribution >= 0.6 is 0 Å². The number of carbonyl (C=O) groups is 2. The lowest BCUT2D eigenvalue weighted by atomic mass is 10.1. The van der Waals surface area contributed by atoms with E-state index in [2.05, 4.69) is 10.6 Å². The Morgan fingerprint density at radius 3 is 2.65 bits per heavy atom. The van der Waals surface area contributed by atoms with Gasteiger partial charge in [-0.25, -0.2) is 0 Å². The Labute approximate surface area is 137 Å². The molecule has 1 aliphatic rings. The maximum atomic E-state index is 12.0. The molecule has 5 heteroatoms. The SMILES string of the molecule is Cc1ccc(C(=O)NCC(=O)NCCCOCC2CC2)cc1C. The Balaban J connectivity index is 1.57. The molecule has 1 aliphatic carbocycles. The van der Waals surface area contributed by atoms with Crippen molar-refractivity contribution in [1.29, 1.82) is 0 Å². The minimum atomic E-state index is -0.226. The number of benzene rings is 1. The van der Waals surface area contributed by atoms with Crippen molar-refractivity contribution in [2.24, 2.45) is 5.92 Å². The second-order valence-electron chi connectivity index (χ2n) is 6.20. The maximum Gasteiger partial charge on any atom is 0.251 e.